The maximum Gasteiger partial charge on any atom is 0.323 e. The molecule has 66 valence electrons. The normalized spacial score (nSPS) is 19.0. The maximum absolute atomic E-state index is 11.7. The van der Waals surface area contributed by atoms with Crippen molar-refractivity contribution in [1.29, 1.82) is 0 Å². The number of nitrogens with one attached hydrogen (secondary N) is 1. The summed E-state index contributed by atoms with van der Waals surface area (Å²) in [5, 5.41) is -1.95. The Balaban J connectivity index is 3.33. The van der Waals surface area contributed by atoms with Gasteiger partial charge in [-0.1, -0.05) is 19.4 Å². The van der Waals surface area contributed by atoms with E-state index < -0.39 is 15.3 Å². The Morgan fingerprint density at radius 3 is 1.82 bits per heavy atom. The first-order valence-corrected chi connectivity index (χ1v) is 4.42. The van der Waals surface area contributed by atoms with Crippen LogP contribution < -0.4 is 0 Å². The van der Waals surface area contributed by atoms with Gasteiger partial charge in [-0.2, -0.15) is 0 Å². The third kappa shape index (κ3) is 1.86. The summed E-state index contributed by atoms with van der Waals surface area (Å²) in [6.07, 6.45) is 0.799. The Labute approximate surface area is 58.9 Å². The first-order chi connectivity index (χ1) is 4.59. The van der Waals surface area contributed by atoms with Gasteiger partial charge in [0.05, 0.1) is 0 Å². The lowest BCUT2D eigenvalue weighted by atomic mass is 10.7. The molecule has 7 heteroatoms. The van der Waals surface area contributed by atoms with E-state index in [1.54, 1.807) is 0 Å². The van der Waals surface area contributed by atoms with Crippen LogP contribution in [0, 0.1) is 0 Å². The highest BCUT2D eigenvalue weighted by molar-refractivity contribution is 8.45. The van der Waals surface area contributed by atoms with Crippen molar-refractivity contribution in [1.82, 2.24) is 4.98 Å². The predicted octanol–water partition coefficient (Wildman–Crippen LogP) is 3.67. The van der Waals surface area contributed by atoms with Gasteiger partial charge in [-0.25, -0.2) is 0 Å². The summed E-state index contributed by atoms with van der Waals surface area (Å²) < 4.78 is 58.7. The molecule has 0 saturated carbocycles. The van der Waals surface area contributed by atoms with E-state index in [1.807, 2.05) is 0 Å². The summed E-state index contributed by atoms with van der Waals surface area (Å²) in [4.78, 5) is 1.44. The topological polar surface area (TPSA) is 15.8 Å². The standard InChI is InChI=1S/C4H4F5NS/c5-11(6,7,8,9)4-2-1-3-10-4/h1-3,10H. The summed E-state index contributed by atoms with van der Waals surface area (Å²) in [6, 6.07) is 1.18. The zero-order chi connectivity index (χ0) is 8.81. The third-order valence-corrected chi connectivity index (χ3v) is 2.07. The van der Waals surface area contributed by atoms with E-state index in [4.69, 9.17) is 0 Å². The van der Waals surface area contributed by atoms with Crippen LogP contribution in [-0.4, -0.2) is 4.98 Å². The molecule has 0 radical (unpaired) electrons. The summed E-state index contributed by atoms with van der Waals surface area (Å²) in [5.41, 5.74) is 0. The molecule has 0 saturated heterocycles. The second-order valence-corrected chi connectivity index (χ2v) is 4.38. The quantitative estimate of drug-likeness (QED) is 0.655. The lowest BCUT2D eigenvalue weighted by Gasteiger charge is -2.38. The zero-order valence-corrected chi connectivity index (χ0v) is 5.85. The smallest absolute Gasteiger partial charge is 0.323 e. The highest BCUT2D eigenvalue weighted by atomic mass is 32.5. The highest BCUT2D eigenvalue weighted by Crippen LogP contribution is 3.01. The van der Waals surface area contributed by atoms with Gasteiger partial charge in [0.1, 0.15) is 0 Å². The van der Waals surface area contributed by atoms with Crippen molar-refractivity contribution in [2.45, 2.75) is 5.03 Å². The van der Waals surface area contributed by atoms with Gasteiger partial charge < -0.3 is 4.98 Å². The van der Waals surface area contributed by atoms with Crippen molar-refractivity contribution in [3.63, 3.8) is 0 Å². The van der Waals surface area contributed by atoms with Gasteiger partial charge in [0.2, 0.25) is 0 Å². The van der Waals surface area contributed by atoms with Crippen LogP contribution in [0.15, 0.2) is 23.4 Å². The van der Waals surface area contributed by atoms with E-state index in [0.717, 1.165) is 12.3 Å². The van der Waals surface area contributed by atoms with Crippen LogP contribution in [0.5, 0.6) is 0 Å². The molecule has 0 bridgehead atoms. The fourth-order valence-electron chi connectivity index (χ4n) is 0.554. The minimum atomic E-state index is -9.43. The van der Waals surface area contributed by atoms with Gasteiger partial charge in [-0.05, 0) is 12.1 Å². The van der Waals surface area contributed by atoms with E-state index >= 15 is 0 Å². The van der Waals surface area contributed by atoms with Crippen molar-refractivity contribution >= 4 is 10.2 Å². The number of halogens is 5. The molecule has 0 atom stereocenters. The molecule has 0 spiro atoms. The van der Waals surface area contributed by atoms with Crippen LogP contribution in [0.2, 0.25) is 0 Å². The lowest BCUT2D eigenvalue weighted by molar-refractivity contribution is 0.359. The Kier molecular flexibility index (Phi) is 1.07. The first-order valence-electron chi connectivity index (χ1n) is 2.47. The van der Waals surface area contributed by atoms with Gasteiger partial charge >= 0.3 is 10.2 Å². The molecule has 1 heterocycles. The summed E-state index contributed by atoms with van der Waals surface area (Å²) >= 11 is 0. The molecule has 0 amide bonds. The number of hydrogen-bond acceptors (Lipinski definition) is 0. The van der Waals surface area contributed by atoms with Crippen molar-refractivity contribution < 1.29 is 19.4 Å². The average Bonchev–Trinajstić information content (AvgIpc) is 2.01. The molecule has 1 nitrogen and oxygen atoms in total. The van der Waals surface area contributed by atoms with Crippen molar-refractivity contribution in [3.05, 3.63) is 18.3 Å². The Morgan fingerprint density at radius 2 is 1.64 bits per heavy atom. The van der Waals surface area contributed by atoms with Gasteiger partial charge in [0.15, 0.2) is 5.03 Å². The van der Waals surface area contributed by atoms with E-state index in [9.17, 15) is 19.4 Å². The minimum absolute atomic E-state index is 0.307. The van der Waals surface area contributed by atoms with Crippen LogP contribution in [0.4, 0.5) is 19.4 Å². The molecular weight excluding hydrogens is 189 g/mol. The third-order valence-electron chi connectivity index (χ3n) is 0.985. The summed E-state index contributed by atoms with van der Waals surface area (Å²) in [5.74, 6) is 0. The number of H-pyrrole nitrogens is 1. The molecule has 1 N–H and O–H groups in total. The first kappa shape index (κ1) is 8.38. The molecule has 1 aromatic heterocycles. The SMILES string of the molecule is FS(F)(F)(F)(F)c1ccc[nH]1. The zero-order valence-electron chi connectivity index (χ0n) is 5.03. The molecule has 0 aliphatic heterocycles. The largest absolute Gasteiger partial charge is 0.349 e. The lowest BCUT2D eigenvalue weighted by Crippen LogP contribution is -2.05. The van der Waals surface area contributed by atoms with Gasteiger partial charge in [0.25, 0.3) is 0 Å². The van der Waals surface area contributed by atoms with Crippen LogP contribution in [0.3, 0.4) is 0 Å². The second kappa shape index (κ2) is 1.40. The Bertz CT molecular complexity index is 257. The molecule has 11 heavy (non-hydrogen) atoms. The number of hydrogen-bond donors (Lipinski definition) is 1. The second-order valence-electron chi connectivity index (χ2n) is 2.00. The molecule has 1 aromatic rings. The van der Waals surface area contributed by atoms with Crippen LogP contribution >= 0.6 is 10.2 Å². The molecule has 1 rings (SSSR count). The Hall–Kier alpha value is -0.720. The molecule has 0 fully saturated rings. The van der Waals surface area contributed by atoms with Crippen molar-refractivity contribution in [2.75, 3.05) is 0 Å². The summed E-state index contributed by atoms with van der Waals surface area (Å²) in [6.45, 7) is 0. The average molecular weight is 193 g/mol. The summed E-state index contributed by atoms with van der Waals surface area (Å²) in [7, 11) is -9.43. The monoisotopic (exact) mass is 193 g/mol. The molecular formula is C4H4F5NS. The van der Waals surface area contributed by atoms with Gasteiger partial charge in [-0.15, -0.1) is 0 Å². The Morgan fingerprint density at radius 1 is 1.09 bits per heavy atom. The van der Waals surface area contributed by atoms with E-state index in [0.29, 0.717) is 6.07 Å². The highest BCUT2D eigenvalue weighted by Gasteiger charge is 2.66. The molecule has 0 aliphatic rings. The van der Waals surface area contributed by atoms with E-state index in [-0.39, 0.29) is 0 Å². The van der Waals surface area contributed by atoms with Crippen molar-refractivity contribution in [2.24, 2.45) is 0 Å². The van der Waals surface area contributed by atoms with Crippen LogP contribution in [0.1, 0.15) is 0 Å². The van der Waals surface area contributed by atoms with E-state index in [2.05, 4.69) is 0 Å². The fraction of sp³-hybridized carbons (Fsp3) is 0. The van der Waals surface area contributed by atoms with Crippen molar-refractivity contribution in [3.8, 4) is 0 Å². The van der Waals surface area contributed by atoms with Crippen LogP contribution in [-0.2, 0) is 0 Å². The molecule has 0 unspecified atom stereocenters. The predicted molar refractivity (Wildman–Crippen MR) is 32.2 cm³/mol. The number of rotatable bonds is 1. The van der Waals surface area contributed by atoms with Gasteiger partial charge in [-0.3, -0.25) is 0 Å². The molecule has 0 aliphatic carbocycles. The van der Waals surface area contributed by atoms with Gasteiger partial charge in [0, 0.05) is 6.20 Å². The van der Waals surface area contributed by atoms with E-state index in [1.165, 1.54) is 4.98 Å². The fourth-order valence-corrected chi connectivity index (χ4v) is 1.18. The van der Waals surface area contributed by atoms with Crippen LogP contribution in [0.25, 0.3) is 0 Å². The molecule has 0 aromatic carbocycles. The number of aromatic amines is 1. The maximum atomic E-state index is 11.7. The minimum Gasteiger partial charge on any atom is -0.349 e. The number of aromatic nitrogens is 1.